The van der Waals surface area contributed by atoms with E-state index in [-0.39, 0.29) is 0 Å². The van der Waals surface area contributed by atoms with E-state index in [0.29, 0.717) is 5.13 Å². The van der Waals surface area contributed by atoms with Gasteiger partial charge in [0, 0.05) is 18.8 Å². The van der Waals surface area contributed by atoms with Crippen LogP contribution in [-0.4, -0.2) is 23.1 Å². The van der Waals surface area contributed by atoms with Crippen LogP contribution in [0.15, 0.2) is 64.8 Å². The van der Waals surface area contributed by atoms with Gasteiger partial charge in [0.25, 0.3) is 0 Å². The fourth-order valence-electron chi connectivity index (χ4n) is 3.29. The first-order chi connectivity index (χ1) is 15.7. The Kier molecular flexibility index (Phi) is 5.97. The highest BCUT2D eigenvalue weighted by molar-refractivity contribution is 7.30. The summed E-state index contributed by atoms with van der Waals surface area (Å²) in [6, 6.07) is 18.4. The van der Waals surface area contributed by atoms with E-state index in [1.807, 2.05) is 30.3 Å². The molecule has 10 heteroatoms. The van der Waals surface area contributed by atoms with Crippen molar-refractivity contribution in [3.8, 4) is 0 Å². The van der Waals surface area contributed by atoms with Gasteiger partial charge in [-0.1, -0.05) is 46.1 Å². The Labute approximate surface area is 197 Å². The number of benzene rings is 2. The van der Waals surface area contributed by atoms with Crippen molar-refractivity contribution in [1.82, 2.24) is 9.97 Å². The molecule has 7 nitrogen and oxygen atoms in total. The molecule has 0 unspecified atom stereocenters. The number of nitrogens with zero attached hydrogens (tertiary/aromatic N) is 5. The average molecular weight is 480 g/mol. The zero-order chi connectivity index (χ0) is 21.9. The van der Waals surface area contributed by atoms with Gasteiger partial charge in [-0.05, 0) is 56.3 Å². The first-order valence-electron chi connectivity index (χ1n) is 10.3. The van der Waals surface area contributed by atoms with Crippen molar-refractivity contribution in [1.29, 1.82) is 0 Å². The highest BCUT2D eigenvalue weighted by Crippen LogP contribution is 2.38. The smallest absolute Gasteiger partial charge is 0.231 e. The van der Waals surface area contributed by atoms with E-state index >= 15 is 0 Å². The molecule has 0 bridgehead atoms. The summed E-state index contributed by atoms with van der Waals surface area (Å²) in [5.41, 5.74) is 9.58. The molecule has 2 N–H and O–H groups in total. The van der Waals surface area contributed by atoms with Gasteiger partial charge in [-0.2, -0.15) is 0 Å². The van der Waals surface area contributed by atoms with Crippen LogP contribution in [0, 0.1) is 0 Å². The molecule has 0 saturated carbocycles. The second kappa shape index (κ2) is 9.19. The van der Waals surface area contributed by atoms with E-state index in [1.165, 1.54) is 28.4 Å². The molecule has 5 rings (SSSR count). The molecule has 32 heavy (non-hydrogen) atoms. The number of aromatic nitrogens is 2. The SMILES string of the molecule is CCN(CC)c1ccc(NNc2nc3sc(N=Nc4nc5ccccc5s4)cc3s2)cc1. The largest absolute Gasteiger partial charge is 0.372 e. The maximum Gasteiger partial charge on any atom is 0.231 e. The number of fused-ring (bicyclic) bond motifs is 2. The van der Waals surface area contributed by atoms with Gasteiger partial charge in [-0.25, -0.2) is 9.97 Å². The Morgan fingerprint density at radius 1 is 0.844 bits per heavy atom. The first kappa shape index (κ1) is 20.8. The lowest BCUT2D eigenvalue weighted by atomic mass is 10.2. The molecule has 3 aromatic heterocycles. The van der Waals surface area contributed by atoms with Gasteiger partial charge in [0.15, 0.2) is 0 Å². The number of anilines is 3. The zero-order valence-electron chi connectivity index (χ0n) is 17.6. The lowest BCUT2D eigenvalue weighted by Crippen LogP contribution is -2.21. The van der Waals surface area contributed by atoms with Crippen LogP contribution < -0.4 is 15.8 Å². The number of nitrogens with one attached hydrogen (secondary N) is 2. The summed E-state index contributed by atoms with van der Waals surface area (Å²) in [7, 11) is 0. The number of rotatable bonds is 8. The summed E-state index contributed by atoms with van der Waals surface area (Å²) in [5.74, 6) is 0. The minimum absolute atomic E-state index is 0.662. The van der Waals surface area contributed by atoms with Crippen molar-refractivity contribution in [2.24, 2.45) is 10.2 Å². The van der Waals surface area contributed by atoms with Crippen LogP contribution in [0.1, 0.15) is 13.8 Å². The molecule has 0 atom stereocenters. The molecular formula is C22H21N7S3. The zero-order valence-corrected chi connectivity index (χ0v) is 20.0. The minimum atomic E-state index is 0.662. The van der Waals surface area contributed by atoms with Crippen molar-refractivity contribution >= 4 is 80.4 Å². The van der Waals surface area contributed by atoms with Gasteiger partial charge in [-0.15, -0.1) is 10.2 Å². The summed E-state index contributed by atoms with van der Waals surface area (Å²) < 4.78 is 2.19. The molecule has 0 aliphatic rings. The Morgan fingerprint density at radius 2 is 1.66 bits per heavy atom. The summed E-state index contributed by atoms with van der Waals surface area (Å²) in [5, 5.41) is 11.0. The van der Waals surface area contributed by atoms with E-state index in [1.54, 1.807) is 11.3 Å². The Balaban J connectivity index is 1.23. The average Bonchev–Trinajstić information content (AvgIpc) is 3.50. The number of para-hydroxylation sites is 1. The maximum atomic E-state index is 4.65. The van der Waals surface area contributed by atoms with Crippen LogP contribution in [0.4, 0.5) is 26.6 Å². The number of hydrogen-bond acceptors (Lipinski definition) is 10. The number of thiophene rings is 1. The number of azo groups is 1. The van der Waals surface area contributed by atoms with Gasteiger partial charge < -0.3 is 4.90 Å². The predicted molar refractivity (Wildman–Crippen MR) is 139 cm³/mol. The number of hydrogen-bond donors (Lipinski definition) is 2. The van der Waals surface area contributed by atoms with E-state index in [4.69, 9.17) is 0 Å². The van der Waals surface area contributed by atoms with Crippen molar-refractivity contribution < 1.29 is 0 Å². The van der Waals surface area contributed by atoms with Gasteiger partial charge in [0.2, 0.25) is 10.3 Å². The van der Waals surface area contributed by atoms with Crippen molar-refractivity contribution in [2.75, 3.05) is 28.8 Å². The molecule has 0 fully saturated rings. The monoisotopic (exact) mass is 479 g/mol. The second-order valence-electron chi connectivity index (χ2n) is 6.91. The van der Waals surface area contributed by atoms with E-state index in [2.05, 4.69) is 74.1 Å². The third-order valence-corrected chi connectivity index (χ3v) is 7.78. The van der Waals surface area contributed by atoms with E-state index < -0.39 is 0 Å². The van der Waals surface area contributed by atoms with Crippen molar-refractivity contribution in [3.05, 3.63) is 54.6 Å². The molecule has 2 aromatic carbocycles. The predicted octanol–water partition coefficient (Wildman–Crippen LogP) is 7.67. The molecule has 5 aromatic rings. The highest BCUT2D eigenvalue weighted by atomic mass is 32.1. The molecule has 0 aliphatic carbocycles. The molecular weight excluding hydrogens is 458 g/mol. The van der Waals surface area contributed by atoms with Crippen LogP contribution >= 0.6 is 34.0 Å². The normalized spacial score (nSPS) is 11.6. The van der Waals surface area contributed by atoms with Crippen molar-refractivity contribution in [2.45, 2.75) is 13.8 Å². The fraction of sp³-hybridized carbons (Fsp3) is 0.182. The molecule has 162 valence electrons. The molecule has 3 heterocycles. The maximum absolute atomic E-state index is 4.65. The van der Waals surface area contributed by atoms with E-state index in [0.717, 1.165) is 48.7 Å². The molecule has 0 saturated heterocycles. The van der Waals surface area contributed by atoms with Crippen LogP contribution in [0.5, 0.6) is 0 Å². The summed E-state index contributed by atoms with van der Waals surface area (Å²) >= 11 is 4.64. The Bertz CT molecular complexity index is 1300. The highest BCUT2D eigenvalue weighted by Gasteiger charge is 2.09. The van der Waals surface area contributed by atoms with Gasteiger partial charge in [0.1, 0.15) is 9.83 Å². The Hall–Kier alpha value is -3.08. The van der Waals surface area contributed by atoms with Crippen LogP contribution in [0.3, 0.4) is 0 Å². The molecule has 0 aliphatic heterocycles. The topological polar surface area (TPSA) is 77.8 Å². The molecule has 0 amide bonds. The minimum Gasteiger partial charge on any atom is -0.372 e. The fourth-order valence-corrected chi connectivity index (χ4v) is 5.96. The van der Waals surface area contributed by atoms with Crippen LogP contribution in [0.25, 0.3) is 19.7 Å². The quantitative estimate of drug-likeness (QED) is 0.176. The molecule has 0 spiro atoms. The van der Waals surface area contributed by atoms with Crippen molar-refractivity contribution in [3.63, 3.8) is 0 Å². The van der Waals surface area contributed by atoms with Gasteiger partial charge in [0.05, 0.1) is 20.6 Å². The number of thiazole rings is 2. The van der Waals surface area contributed by atoms with Gasteiger partial charge >= 0.3 is 0 Å². The first-order valence-corrected chi connectivity index (χ1v) is 12.7. The summed E-state index contributed by atoms with van der Waals surface area (Å²) in [6.45, 7) is 6.33. The van der Waals surface area contributed by atoms with Crippen LogP contribution in [0.2, 0.25) is 0 Å². The second-order valence-corrected chi connectivity index (χ2v) is 9.96. The summed E-state index contributed by atoms with van der Waals surface area (Å²) in [6.07, 6.45) is 0. The third-order valence-electron chi connectivity index (χ3n) is 4.90. The lowest BCUT2D eigenvalue weighted by Gasteiger charge is -2.21. The standard InChI is InChI=1S/C22H21N7S3/c1-3-29(4-2)15-11-9-14(10-12-15)25-27-22-24-20-18(31-22)13-19(32-20)26-28-21-23-16-7-5-6-8-17(16)30-21/h5-13,25H,3-4H2,1-2H3,(H,24,27). The third kappa shape index (κ3) is 4.43. The van der Waals surface area contributed by atoms with Gasteiger partial charge in [-0.3, -0.25) is 10.9 Å². The number of hydrazine groups is 1. The summed E-state index contributed by atoms with van der Waals surface area (Å²) in [4.78, 5) is 12.4. The van der Waals surface area contributed by atoms with Crippen LogP contribution in [-0.2, 0) is 0 Å². The molecule has 0 radical (unpaired) electrons. The lowest BCUT2D eigenvalue weighted by molar-refractivity contribution is 0.866. The Morgan fingerprint density at radius 3 is 2.41 bits per heavy atom. The van der Waals surface area contributed by atoms with E-state index in [9.17, 15) is 0 Å².